The van der Waals surface area contributed by atoms with E-state index in [-0.39, 0.29) is 11.8 Å². The van der Waals surface area contributed by atoms with Gasteiger partial charge in [-0.05, 0) is 64.7 Å². The van der Waals surface area contributed by atoms with Crippen LogP contribution in [0.4, 0.5) is 24.5 Å². The van der Waals surface area contributed by atoms with Crippen molar-refractivity contribution in [2.24, 2.45) is 0 Å². The van der Waals surface area contributed by atoms with E-state index in [2.05, 4.69) is 20.4 Å². The quantitative estimate of drug-likeness (QED) is 0.138. The summed E-state index contributed by atoms with van der Waals surface area (Å²) in [6.07, 6.45) is -4.15. The number of carbonyl (C=O) groups excluding carboxylic acids is 3. The molecule has 2 amide bonds. The van der Waals surface area contributed by atoms with Crippen LogP contribution in [0.15, 0.2) is 133 Å². The number of piperazine rings is 1. The summed E-state index contributed by atoms with van der Waals surface area (Å²) in [5, 5.41) is 5.87. The van der Waals surface area contributed by atoms with E-state index in [1.165, 1.54) is 19.2 Å². The van der Waals surface area contributed by atoms with Crippen molar-refractivity contribution in [1.29, 1.82) is 0 Å². The number of esters is 1. The van der Waals surface area contributed by atoms with Crippen LogP contribution in [0.25, 0.3) is 11.1 Å². The van der Waals surface area contributed by atoms with Gasteiger partial charge in [0.15, 0.2) is 0 Å². The van der Waals surface area contributed by atoms with E-state index in [1.807, 2.05) is 72.8 Å². The van der Waals surface area contributed by atoms with Crippen molar-refractivity contribution in [2.45, 2.75) is 24.7 Å². The van der Waals surface area contributed by atoms with Gasteiger partial charge in [0.1, 0.15) is 12.1 Å². The third-order valence-electron chi connectivity index (χ3n) is 9.31. The highest BCUT2D eigenvalue weighted by atomic mass is 19.4. The lowest BCUT2D eigenvalue weighted by Crippen LogP contribution is -2.53. The van der Waals surface area contributed by atoms with Crippen LogP contribution in [0.5, 0.6) is 0 Å². The summed E-state index contributed by atoms with van der Waals surface area (Å²) in [4.78, 5) is 44.3. The normalized spacial score (nSPS) is 14.5. The summed E-state index contributed by atoms with van der Waals surface area (Å²) in [5.74, 6) is -1.18. The fourth-order valence-electron chi connectivity index (χ4n) is 6.56. The molecule has 1 saturated heterocycles. The van der Waals surface area contributed by atoms with Crippen molar-refractivity contribution in [3.8, 4) is 11.1 Å². The molecule has 5 aromatic carbocycles. The molecule has 2 N–H and O–H groups in total. The number of alkyl halides is 3. The summed E-state index contributed by atoms with van der Waals surface area (Å²) < 4.78 is 44.3. The predicted molar refractivity (Wildman–Crippen MR) is 198 cm³/mol. The lowest BCUT2D eigenvalue weighted by Gasteiger charge is -2.40. The van der Waals surface area contributed by atoms with Crippen LogP contribution in [0.1, 0.15) is 33.1 Å². The van der Waals surface area contributed by atoms with Crippen LogP contribution in [-0.2, 0) is 26.9 Å². The first kappa shape index (κ1) is 36.8. The third-order valence-corrected chi connectivity index (χ3v) is 9.31. The Hall–Kier alpha value is -5.94. The molecular formula is C42H39F3N4O4. The number of hydrogen-bond acceptors (Lipinski definition) is 6. The van der Waals surface area contributed by atoms with Crippen LogP contribution in [0, 0.1) is 0 Å². The minimum atomic E-state index is -4.45. The van der Waals surface area contributed by atoms with Crippen LogP contribution in [0.2, 0.25) is 0 Å². The van der Waals surface area contributed by atoms with E-state index >= 15 is 0 Å². The first-order valence-electron chi connectivity index (χ1n) is 17.2. The Balaban J connectivity index is 1.10. The van der Waals surface area contributed by atoms with Gasteiger partial charge in [0.05, 0.1) is 12.7 Å². The number of anilines is 2. The molecular weight excluding hydrogens is 681 g/mol. The van der Waals surface area contributed by atoms with E-state index in [9.17, 15) is 27.6 Å². The van der Waals surface area contributed by atoms with E-state index in [0.29, 0.717) is 55.0 Å². The maximum absolute atomic E-state index is 13.9. The fraction of sp³-hybridized carbons (Fsp3) is 0.214. The molecule has 53 heavy (non-hydrogen) atoms. The molecule has 6 rings (SSSR count). The molecule has 0 saturated carbocycles. The van der Waals surface area contributed by atoms with E-state index < -0.39 is 29.8 Å². The molecule has 5 aromatic rings. The molecule has 0 radical (unpaired) electrons. The maximum atomic E-state index is 13.9. The zero-order valence-electron chi connectivity index (χ0n) is 29.1. The molecule has 0 aliphatic carbocycles. The number of carbonyl (C=O) groups is 3. The largest absolute Gasteiger partial charge is 0.467 e. The lowest BCUT2D eigenvalue weighted by atomic mass is 9.98. The second kappa shape index (κ2) is 16.6. The maximum Gasteiger partial charge on any atom is 0.416 e. The van der Waals surface area contributed by atoms with Crippen molar-refractivity contribution in [3.05, 3.63) is 156 Å². The van der Waals surface area contributed by atoms with Crippen molar-refractivity contribution in [2.75, 3.05) is 43.5 Å². The van der Waals surface area contributed by atoms with Gasteiger partial charge in [-0.3, -0.25) is 14.5 Å². The van der Waals surface area contributed by atoms with Crippen molar-refractivity contribution < 1.29 is 32.3 Å². The van der Waals surface area contributed by atoms with Gasteiger partial charge >= 0.3 is 12.1 Å². The number of halogens is 3. The van der Waals surface area contributed by atoms with Gasteiger partial charge in [-0.15, -0.1) is 0 Å². The highest BCUT2D eigenvalue weighted by molar-refractivity contribution is 6.08. The highest BCUT2D eigenvalue weighted by Gasteiger charge is 2.34. The molecule has 1 heterocycles. The minimum Gasteiger partial charge on any atom is -0.467 e. The van der Waals surface area contributed by atoms with Gasteiger partial charge in [-0.1, -0.05) is 91.0 Å². The number of ether oxygens (including phenoxy) is 1. The number of benzene rings is 5. The molecule has 2 unspecified atom stereocenters. The Bertz CT molecular complexity index is 2000. The van der Waals surface area contributed by atoms with Crippen LogP contribution in [-0.4, -0.2) is 62.0 Å². The zero-order chi connectivity index (χ0) is 37.4. The fourth-order valence-corrected chi connectivity index (χ4v) is 6.56. The molecule has 272 valence electrons. The van der Waals surface area contributed by atoms with Crippen molar-refractivity contribution in [3.63, 3.8) is 0 Å². The van der Waals surface area contributed by atoms with Gasteiger partial charge in [-0.2, -0.15) is 13.2 Å². The van der Waals surface area contributed by atoms with Gasteiger partial charge in [0, 0.05) is 49.5 Å². The van der Waals surface area contributed by atoms with Crippen LogP contribution >= 0.6 is 0 Å². The lowest BCUT2D eigenvalue weighted by molar-refractivity contribution is -0.145. The number of hydrogen-bond donors (Lipinski definition) is 2. The Kier molecular flexibility index (Phi) is 11.5. The van der Waals surface area contributed by atoms with Gasteiger partial charge < -0.3 is 20.3 Å². The molecule has 0 spiro atoms. The standard InChI is InChI=1S/C42H39F3N4O4/c1-53-41(52)37(28-29-10-4-2-5-11-29)47-40(51)38(31-12-6-3-7-13-31)49-26-24-48(25-27-49)34-22-20-33(21-23-34)46-39(50)36-15-9-8-14-35(36)30-16-18-32(19-17-30)42(43,44)45/h2-23,37-38H,24-28H2,1H3,(H,46,50)(H,47,51). The number of nitrogens with one attached hydrogen (secondary N) is 2. The minimum absolute atomic E-state index is 0.282. The molecule has 2 atom stereocenters. The smallest absolute Gasteiger partial charge is 0.416 e. The summed E-state index contributed by atoms with van der Waals surface area (Å²) in [6, 6.07) is 36.5. The molecule has 11 heteroatoms. The third kappa shape index (κ3) is 9.11. The zero-order valence-corrected chi connectivity index (χ0v) is 29.1. The first-order valence-corrected chi connectivity index (χ1v) is 17.2. The monoisotopic (exact) mass is 720 g/mol. The summed E-state index contributed by atoms with van der Waals surface area (Å²) in [6.45, 7) is 2.42. The average Bonchev–Trinajstić information content (AvgIpc) is 3.18. The van der Waals surface area contributed by atoms with Gasteiger partial charge in [0.2, 0.25) is 5.91 Å². The van der Waals surface area contributed by atoms with E-state index in [0.717, 1.165) is 28.9 Å². The van der Waals surface area contributed by atoms with Crippen LogP contribution < -0.4 is 15.5 Å². The second-order valence-electron chi connectivity index (χ2n) is 12.7. The van der Waals surface area contributed by atoms with E-state index in [1.54, 1.807) is 36.4 Å². The number of methoxy groups -OCH3 is 1. The van der Waals surface area contributed by atoms with Crippen LogP contribution in [0.3, 0.4) is 0 Å². The van der Waals surface area contributed by atoms with Gasteiger partial charge in [-0.25, -0.2) is 4.79 Å². The highest BCUT2D eigenvalue weighted by Crippen LogP contribution is 2.32. The number of nitrogens with zero attached hydrogens (tertiary/aromatic N) is 2. The molecule has 0 bridgehead atoms. The molecule has 1 aliphatic rings. The van der Waals surface area contributed by atoms with E-state index in [4.69, 9.17) is 4.74 Å². The molecule has 8 nitrogen and oxygen atoms in total. The second-order valence-corrected chi connectivity index (χ2v) is 12.7. The Morgan fingerprint density at radius 3 is 1.96 bits per heavy atom. The molecule has 1 fully saturated rings. The Morgan fingerprint density at radius 1 is 0.736 bits per heavy atom. The summed E-state index contributed by atoms with van der Waals surface area (Å²) in [5.41, 5.74) is 3.84. The van der Waals surface area contributed by atoms with Crippen molar-refractivity contribution >= 4 is 29.2 Å². The average molecular weight is 721 g/mol. The predicted octanol–water partition coefficient (Wildman–Crippen LogP) is 7.39. The summed E-state index contributed by atoms with van der Waals surface area (Å²) in [7, 11) is 1.31. The first-order chi connectivity index (χ1) is 25.6. The van der Waals surface area contributed by atoms with Gasteiger partial charge in [0.25, 0.3) is 5.91 Å². The topological polar surface area (TPSA) is 91.0 Å². The number of rotatable bonds is 11. The summed E-state index contributed by atoms with van der Waals surface area (Å²) >= 11 is 0. The Labute approximate surface area is 306 Å². The number of amides is 2. The SMILES string of the molecule is COC(=O)C(Cc1ccccc1)NC(=O)C(c1ccccc1)N1CCN(c2ccc(NC(=O)c3ccccc3-c3ccc(C(F)(F)F)cc3)cc2)CC1. The van der Waals surface area contributed by atoms with Crippen molar-refractivity contribution in [1.82, 2.24) is 10.2 Å². The molecule has 1 aliphatic heterocycles. The molecule has 0 aromatic heterocycles. The Morgan fingerprint density at radius 2 is 1.34 bits per heavy atom.